The number of amides is 2. The number of methoxy groups -OCH3 is 3. The van der Waals surface area contributed by atoms with Crippen molar-refractivity contribution >= 4 is 24.5 Å². The van der Waals surface area contributed by atoms with Crippen LogP contribution in [0, 0.1) is 0 Å². The van der Waals surface area contributed by atoms with Crippen LogP contribution in [0.3, 0.4) is 0 Å². The van der Waals surface area contributed by atoms with Gasteiger partial charge in [0.05, 0.1) is 51.8 Å². The average molecular weight is 491 g/mol. The van der Waals surface area contributed by atoms with Crippen LogP contribution >= 0.6 is 0 Å². The summed E-state index contributed by atoms with van der Waals surface area (Å²) < 4.78 is 16.4. The molecule has 1 aromatic heterocycles. The zero-order valence-electron chi connectivity index (χ0n) is 20.1. The van der Waals surface area contributed by atoms with Crippen LogP contribution in [0.2, 0.25) is 0 Å². The molecule has 1 aliphatic heterocycles. The van der Waals surface area contributed by atoms with Crippen LogP contribution in [-0.4, -0.2) is 54.9 Å². The molecule has 1 saturated heterocycles. The second-order valence-corrected chi connectivity index (χ2v) is 7.83. The van der Waals surface area contributed by atoms with Crippen molar-refractivity contribution in [3.8, 4) is 17.2 Å². The fourth-order valence-corrected chi connectivity index (χ4v) is 4.37. The second kappa shape index (κ2) is 9.82. The SMILES string of the molecule is C=C1N(Cc2ccc(OC)cc2)C(=O)NC1(c1ccc(C=O)c(OC)c1OC)c1nc[nH]c1/N=C\N. The summed E-state index contributed by atoms with van der Waals surface area (Å²) in [7, 11) is 4.46. The number of aromatic nitrogens is 2. The highest BCUT2D eigenvalue weighted by atomic mass is 16.5. The van der Waals surface area contributed by atoms with Crippen LogP contribution in [0.1, 0.15) is 27.2 Å². The molecule has 1 atom stereocenters. The van der Waals surface area contributed by atoms with Gasteiger partial charge in [0.1, 0.15) is 11.4 Å². The van der Waals surface area contributed by atoms with Crippen molar-refractivity contribution < 1.29 is 23.8 Å². The van der Waals surface area contributed by atoms with Gasteiger partial charge in [-0.25, -0.2) is 14.8 Å². The lowest BCUT2D eigenvalue weighted by Crippen LogP contribution is -2.41. The molecule has 36 heavy (non-hydrogen) atoms. The predicted molar refractivity (Wildman–Crippen MR) is 133 cm³/mol. The van der Waals surface area contributed by atoms with E-state index in [1.165, 1.54) is 25.4 Å². The lowest BCUT2D eigenvalue weighted by molar-refractivity contribution is 0.111. The highest BCUT2D eigenvalue weighted by Crippen LogP contribution is 2.50. The Morgan fingerprint density at radius 2 is 1.83 bits per heavy atom. The zero-order chi connectivity index (χ0) is 25.9. The van der Waals surface area contributed by atoms with E-state index in [9.17, 15) is 9.59 Å². The molecule has 2 aromatic carbocycles. The molecule has 11 nitrogen and oxygen atoms in total. The summed E-state index contributed by atoms with van der Waals surface area (Å²) in [6.45, 7) is 4.52. The Morgan fingerprint density at radius 3 is 2.44 bits per heavy atom. The van der Waals surface area contributed by atoms with E-state index < -0.39 is 11.6 Å². The Kier molecular flexibility index (Phi) is 6.64. The summed E-state index contributed by atoms with van der Waals surface area (Å²) in [5, 5.41) is 3.03. The number of aldehydes is 1. The lowest BCUT2D eigenvalue weighted by atomic mass is 9.82. The maximum absolute atomic E-state index is 13.4. The van der Waals surface area contributed by atoms with Gasteiger partial charge >= 0.3 is 6.03 Å². The van der Waals surface area contributed by atoms with Gasteiger partial charge in [0.15, 0.2) is 29.1 Å². The predicted octanol–water partition coefficient (Wildman–Crippen LogP) is 2.85. The van der Waals surface area contributed by atoms with E-state index in [1.54, 1.807) is 19.2 Å². The third-order valence-corrected chi connectivity index (χ3v) is 6.06. The molecule has 1 unspecified atom stereocenters. The molecule has 2 heterocycles. The Hall–Kier alpha value is -4.80. The van der Waals surface area contributed by atoms with Gasteiger partial charge in [-0.15, -0.1) is 0 Å². The van der Waals surface area contributed by atoms with Crippen LogP contribution in [-0.2, 0) is 12.1 Å². The van der Waals surface area contributed by atoms with E-state index in [-0.39, 0.29) is 23.6 Å². The number of imidazole rings is 1. The molecule has 2 amide bonds. The normalized spacial score (nSPS) is 17.4. The summed E-state index contributed by atoms with van der Waals surface area (Å²) >= 11 is 0. The van der Waals surface area contributed by atoms with Crippen molar-refractivity contribution in [2.75, 3.05) is 21.3 Å². The Labute approximate surface area is 207 Å². The monoisotopic (exact) mass is 490 g/mol. The number of ether oxygens (including phenoxy) is 3. The van der Waals surface area contributed by atoms with E-state index in [0.29, 0.717) is 34.8 Å². The van der Waals surface area contributed by atoms with Crippen molar-refractivity contribution in [3.63, 3.8) is 0 Å². The first-order valence-electron chi connectivity index (χ1n) is 10.9. The summed E-state index contributed by atoms with van der Waals surface area (Å²) in [5.41, 5.74) is 6.42. The van der Waals surface area contributed by atoms with Gasteiger partial charge in [0.2, 0.25) is 0 Å². The van der Waals surface area contributed by atoms with Crippen molar-refractivity contribution in [3.05, 3.63) is 77.4 Å². The first-order valence-corrected chi connectivity index (χ1v) is 10.9. The zero-order valence-corrected chi connectivity index (χ0v) is 20.1. The molecule has 3 aromatic rings. The van der Waals surface area contributed by atoms with Crippen LogP contribution in [0.4, 0.5) is 10.6 Å². The Balaban J connectivity index is 1.92. The summed E-state index contributed by atoms with van der Waals surface area (Å²) in [6.07, 6.45) is 3.22. The van der Waals surface area contributed by atoms with Crippen molar-refractivity contribution in [2.24, 2.45) is 10.7 Å². The highest BCUT2D eigenvalue weighted by Gasteiger charge is 2.53. The number of nitrogens with zero attached hydrogens (tertiary/aromatic N) is 3. The van der Waals surface area contributed by atoms with E-state index in [4.69, 9.17) is 19.9 Å². The maximum atomic E-state index is 13.4. The highest BCUT2D eigenvalue weighted by molar-refractivity contribution is 5.87. The van der Waals surface area contributed by atoms with E-state index >= 15 is 0 Å². The average Bonchev–Trinajstić information content (AvgIpc) is 3.46. The molecule has 1 fully saturated rings. The third kappa shape index (κ3) is 3.80. The van der Waals surface area contributed by atoms with Gasteiger partial charge in [-0.3, -0.25) is 9.69 Å². The number of hydrogen-bond acceptors (Lipinski definition) is 7. The minimum atomic E-state index is -1.43. The molecule has 186 valence electrons. The lowest BCUT2D eigenvalue weighted by Gasteiger charge is -2.32. The second-order valence-electron chi connectivity index (χ2n) is 7.83. The molecule has 0 saturated carbocycles. The van der Waals surface area contributed by atoms with Gasteiger partial charge in [0.25, 0.3) is 0 Å². The van der Waals surface area contributed by atoms with Gasteiger partial charge in [-0.2, -0.15) is 0 Å². The standard InChI is InChI=1S/C25H26N6O5/c1-15-25(22-23(27-13-26)29-14-28-22,19-10-7-17(12-32)20(35-3)21(19)36-4)30-24(33)31(15)11-16-5-8-18(34-2)9-6-16/h5-10,12-14H,1,11H2,2-4H3,(H2,26,27)(H,28,29)(H,30,33). The number of rotatable bonds is 9. The number of H-pyrrole nitrogens is 1. The number of urea groups is 1. The quantitative estimate of drug-likeness (QED) is 0.238. The third-order valence-electron chi connectivity index (χ3n) is 6.06. The number of aliphatic imine (C=N–C) groups is 1. The number of aromatic amines is 1. The fraction of sp³-hybridized carbons (Fsp3) is 0.200. The van der Waals surface area contributed by atoms with E-state index in [1.807, 2.05) is 24.3 Å². The largest absolute Gasteiger partial charge is 0.497 e. The van der Waals surface area contributed by atoms with Crippen molar-refractivity contribution in [2.45, 2.75) is 12.1 Å². The summed E-state index contributed by atoms with van der Waals surface area (Å²) in [6, 6.07) is 10.2. The molecule has 11 heteroatoms. The molecule has 4 N–H and O–H groups in total. The van der Waals surface area contributed by atoms with Gasteiger partial charge in [-0.05, 0) is 23.8 Å². The van der Waals surface area contributed by atoms with E-state index in [0.717, 1.165) is 11.9 Å². The maximum Gasteiger partial charge on any atom is 0.323 e. The molecule has 0 aliphatic carbocycles. The summed E-state index contributed by atoms with van der Waals surface area (Å²) in [4.78, 5) is 38.2. The number of benzene rings is 2. The molecule has 0 radical (unpaired) electrons. The molecule has 0 bridgehead atoms. The number of nitrogens with two attached hydrogens (primary N) is 1. The number of nitrogens with one attached hydrogen (secondary N) is 2. The van der Waals surface area contributed by atoms with Crippen LogP contribution < -0.4 is 25.3 Å². The molecular formula is C25H26N6O5. The first-order chi connectivity index (χ1) is 17.4. The molecular weight excluding hydrogens is 464 g/mol. The number of hydrogen-bond donors (Lipinski definition) is 3. The fourth-order valence-electron chi connectivity index (χ4n) is 4.37. The molecule has 4 rings (SSSR count). The minimum Gasteiger partial charge on any atom is -0.497 e. The van der Waals surface area contributed by atoms with Crippen LogP contribution in [0.25, 0.3) is 0 Å². The number of carbonyl (C=O) groups is 2. The van der Waals surface area contributed by atoms with Crippen molar-refractivity contribution in [1.82, 2.24) is 20.2 Å². The van der Waals surface area contributed by atoms with Gasteiger partial charge in [-0.1, -0.05) is 24.8 Å². The Morgan fingerprint density at radius 1 is 1.11 bits per heavy atom. The minimum absolute atomic E-state index is 0.208. The van der Waals surface area contributed by atoms with Crippen LogP contribution in [0.5, 0.6) is 17.2 Å². The summed E-state index contributed by atoms with van der Waals surface area (Å²) in [5.74, 6) is 1.46. The van der Waals surface area contributed by atoms with Crippen LogP contribution in [0.15, 0.2) is 60.0 Å². The smallest absolute Gasteiger partial charge is 0.323 e. The van der Waals surface area contributed by atoms with Crippen molar-refractivity contribution in [1.29, 1.82) is 0 Å². The first kappa shape index (κ1) is 24.3. The number of carbonyl (C=O) groups excluding carboxylic acids is 2. The van der Waals surface area contributed by atoms with E-state index in [2.05, 4.69) is 26.9 Å². The van der Waals surface area contributed by atoms with Gasteiger partial charge < -0.3 is 30.2 Å². The molecule has 1 aliphatic rings. The molecule has 0 spiro atoms. The van der Waals surface area contributed by atoms with Gasteiger partial charge in [0, 0.05) is 5.56 Å². The topological polar surface area (TPSA) is 144 Å². The Bertz CT molecular complexity index is 1330.